The number of para-hydroxylation sites is 1. The molecule has 1 heterocycles. The summed E-state index contributed by atoms with van der Waals surface area (Å²) in [5.41, 5.74) is 5.96. The molecule has 0 atom stereocenters. The molecule has 0 fully saturated rings. The molecule has 1 aromatic heterocycles. The van der Waals surface area contributed by atoms with Crippen molar-refractivity contribution in [1.82, 2.24) is 15.8 Å². The van der Waals surface area contributed by atoms with Gasteiger partial charge in [-0.05, 0) is 36.4 Å². The van der Waals surface area contributed by atoms with E-state index < -0.39 is 5.91 Å². The Morgan fingerprint density at radius 1 is 1.04 bits per heavy atom. The lowest BCUT2D eigenvalue weighted by Gasteiger charge is -2.07. The van der Waals surface area contributed by atoms with Crippen molar-refractivity contribution in [2.24, 2.45) is 0 Å². The molecule has 24 heavy (non-hydrogen) atoms. The highest BCUT2D eigenvalue weighted by Crippen LogP contribution is 2.24. The Labute approximate surface area is 146 Å². The summed E-state index contributed by atoms with van der Waals surface area (Å²) in [6.45, 7) is 0.000714. The maximum atomic E-state index is 11.9. The number of carbonyl (C=O) groups is 2. The van der Waals surface area contributed by atoms with E-state index in [1.165, 1.54) is 11.3 Å². The zero-order valence-corrected chi connectivity index (χ0v) is 13.9. The Morgan fingerprint density at radius 2 is 1.79 bits per heavy atom. The second kappa shape index (κ2) is 7.29. The van der Waals surface area contributed by atoms with Gasteiger partial charge in [0.2, 0.25) is 0 Å². The van der Waals surface area contributed by atoms with Gasteiger partial charge < -0.3 is 5.32 Å². The molecule has 0 bridgehead atoms. The predicted molar refractivity (Wildman–Crippen MR) is 95.2 cm³/mol. The minimum absolute atomic E-state index is 0.000714. The molecular weight excluding hydrogens is 348 g/mol. The molecule has 3 rings (SSSR count). The average molecular weight is 361 g/mol. The first-order valence-electron chi connectivity index (χ1n) is 7.06. The van der Waals surface area contributed by atoms with Crippen LogP contribution in [-0.4, -0.2) is 23.3 Å². The van der Waals surface area contributed by atoms with Crippen molar-refractivity contribution < 1.29 is 9.59 Å². The minimum atomic E-state index is -0.417. The number of nitrogens with zero attached hydrogens (tertiary/aromatic N) is 1. The summed E-state index contributed by atoms with van der Waals surface area (Å²) in [6.07, 6.45) is 0. The molecule has 0 aliphatic heterocycles. The first-order valence-corrected chi connectivity index (χ1v) is 8.25. The van der Waals surface area contributed by atoms with Gasteiger partial charge in [-0.15, -0.1) is 0 Å². The number of halogens is 1. The van der Waals surface area contributed by atoms with E-state index in [1.807, 2.05) is 24.3 Å². The van der Waals surface area contributed by atoms with Gasteiger partial charge in [-0.25, -0.2) is 4.98 Å². The van der Waals surface area contributed by atoms with E-state index in [4.69, 9.17) is 11.6 Å². The fourth-order valence-electron chi connectivity index (χ4n) is 1.95. The SMILES string of the molecule is O=C(CNc1nc2ccccc2s1)NNC(=O)c1ccc(Cl)cc1. The van der Waals surface area contributed by atoms with E-state index in [-0.39, 0.29) is 12.5 Å². The van der Waals surface area contributed by atoms with Crippen molar-refractivity contribution in [3.63, 3.8) is 0 Å². The summed E-state index contributed by atoms with van der Waals surface area (Å²) in [5, 5.41) is 4.12. The number of hydrogen-bond acceptors (Lipinski definition) is 5. The largest absolute Gasteiger partial charge is 0.352 e. The number of hydrogen-bond donors (Lipinski definition) is 3. The van der Waals surface area contributed by atoms with E-state index >= 15 is 0 Å². The van der Waals surface area contributed by atoms with Gasteiger partial charge in [0.25, 0.3) is 11.8 Å². The van der Waals surface area contributed by atoms with Crippen LogP contribution in [0.5, 0.6) is 0 Å². The molecule has 0 unspecified atom stereocenters. The van der Waals surface area contributed by atoms with Crippen LogP contribution >= 0.6 is 22.9 Å². The molecule has 0 aliphatic carbocycles. The van der Waals surface area contributed by atoms with Gasteiger partial charge in [-0.1, -0.05) is 35.1 Å². The number of anilines is 1. The predicted octanol–water partition coefficient (Wildman–Crippen LogP) is 2.82. The Balaban J connectivity index is 1.48. The molecule has 8 heteroatoms. The molecule has 3 N–H and O–H groups in total. The third-order valence-corrected chi connectivity index (χ3v) is 4.36. The number of carbonyl (C=O) groups excluding carboxylic acids is 2. The van der Waals surface area contributed by atoms with Crippen molar-refractivity contribution >= 4 is 50.1 Å². The molecule has 0 saturated heterocycles. The number of hydrazine groups is 1. The molecule has 3 aromatic rings. The third-order valence-electron chi connectivity index (χ3n) is 3.12. The smallest absolute Gasteiger partial charge is 0.269 e. The van der Waals surface area contributed by atoms with Crippen LogP contribution in [0.2, 0.25) is 5.02 Å². The standard InChI is InChI=1S/C16H13ClN4O2S/c17-11-7-5-10(6-8-11)15(23)21-20-14(22)9-18-16-19-12-3-1-2-4-13(12)24-16/h1-8H,9H2,(H,18,19)(H,20,22)(H,21,23). The normalized spacial score (nSPS) is 10.4. The number of amides is 2. The van der Waals surface area contributed by atoms with Crippen molar-refractivity contribution in [2.75, 3.05) is 11.9 Å². The van der Waals surface area contributed by atoms with Crippen LogP contribution in [0, 0.1) is 0 Å². The van der Waals surface area contributed by atoms with E-state index in [2.05, 4.69) is 21.2 Å². The summed E-state index contributed by atoms with van der Waals surface area (Å²) >= 11 is 7.22. The maximum absolute atomic E-state index is 11.9. The van der Waals surface area contributed by atoms with Crippen molar-refractivity contribution in [1.29, 1.82) is 0 Å². The second-order valence-corrected chi connectivity index (χ2v) is 6.32. The first-order chi connectivity index (χ1) is 11.6. The number of aromatic nitrogens is 1. The first kappa shape index (κ1) is 16.2. The third kappa shape index (κ3) is 4.01. The summed E-state index contributed by atoms with van der Waals surface area (Å²) in [7, 11) is 0. The molecule has 2 aromatic carbocycles. The number of rotatable bonds is 4. The average Bonchev–Trinajstić information content (AvgIpc) is 3.01. The number of fused-ring (bicyclic) bond motifs is 1. The van der Waals surface area contributed by atoms with Gasteiger partial charge in [-0.3, -0.25) is 20.4 Å². The van der Waals surface area contributed by atoms with Crippen LogP contribution < -0.4 is 16.2 Å². The monoisotopic (exact) mass is 360 g/mol. The summed E-state index contributed by atoms with van der Waals surface area (Å²) in [6, 6.07) is 14.1. The molecule has 122 valence electrons. The van der Waals surface area contributed by atoms with E-state index in [0.29, 0.717) is 15.7 Å². The van der Waals surface area contributed by atoms with E-state index in [0.717, 1.165) is 10.2 Å². The molecule has 2 amide bonds. The van der Waals surface area contributed by atoms with E-state index in [1.54, 1.807) is 24.3 Å². The van der Waals surface area contributed by atoms with Crippen LogP contribution in [0.4, 0.5) is 5.13 Å². The Hall–Kier alpha value is -2.64. The molecule has 0 saturated carbocycles. The fourth-order valence-corrected chi connectivity index (χ4v) is 2.94. The zero-order valence-electron chi connectivity index (χ0n) is 12.4. The van der Waals surface area contributed by atoms with Gasteiger partial charge in [-0.2, -0.15) is 0 Å². The fraction of sp³-hybridized carbons (Fsp3) is 0.0625. The van der Waals surface area contributed by atoms with Gasteiger partial charge in [0.05, 0.1) is 16.8 Å². The van der Waals surface area contributed by atoms with Crippen LogP contribution in [-0.2, 0) is 4.79 Å². The lowest BCUT2D eigenvalue weighted by Crippen LogP contribution is -2.44. The minimum Gasteiger partial charge on any atom is -0.352 e. The summed E-state index contributed by atoms with van der Waals surface area (Å²) in [4.78, 5) is 28.0. The van der Waals surface area contributed by atoms with Crippen LogP contribution in [0.15, 0.2) is 48.5 Å². The van der Waals surface area contributed by atoms with Gasteiger partial charge in [0.15, 0.2) is 5.13 Å². The Morgan fingerprint density at radius 3 is 2.54 bits per heavy atom. The van der Waals surface area contributed by atoms with Crippen molar-refractivity contribution in [2.45, 2.75) is 0 Å². The molecule has 0 aliphatic rings. The van der Waals surface area contributed by atoms with Crippen LogP contribution in [0.1, 0.15) is 10.4 Å². The lowest BCUT2D eigenvalue weighted by atomic mass is 10.2. The van der Waals surface area contributed by atoms with Gasteiger partial charge in [0, 0.05) is 10.6 Å². The maximum Gasteiger partial charge on any atom is 0.269 e. The number of thiazole rings is 1. The molecule has 0 radical (unpaired) electrons. The lowest BCUT2D eigenvalue weighted by molar-refractivity contribution is -0.120. The zero-order chi connectivity index (χ0) is 16.9. The number of nitrogens with one attached hydrogen (secondary N) is 3. The Kier molecular flexibility index (Phi) is 4.93. The van der Waals surface area contributed by atoms with E-state index in [9.17, 15) is 9.59 Å². The molecule has 6 nitrogen and oxygen atoms in total. The Bertz CT molecular complexity index is 846. The topological polar surface area (TPSA) is 83.1 Å². The highest BCUT2D eigenvalue weighted by Gasteiger charge is 2.08. The van der Waals surface area contributed by atoms with Crippen molar-refractivity contribution in [3.8, 4) is 0 Å². The van der Waals surface area contributed by atoms with Crippen LogP contribution in [0.3, 0.4) is 0 Å². The van der Waals surface area contributed by atoms with Gasteiger partial charge >= 0.3 is 0 Å². The van der Waals surface area contributed by atoms with Crippen LogP contribution in [0.25, 0.3) is 10.2 Å². The molecule has 0 spiro atoms. The summed E-state index contributed by atoms with van der Waals surface area (Å²) in [5.74, 6) is -0.795. The highest BCUT2D eigenvalue weighted by atomic mass is 35.5. The van der Waals surface area contributed by atoms with Gasteiger partial charge in [0.1, 0.15) is 0 Å². The molecular formula is C16H13ClN4O2S. The number of benzene rings is 2. The highest BCUT2D eigenvalue weighted by molar-refractivity contribution is 7.22. The summed E-state index contributed by atoms with van der Waals surface area (Å²) < 4.78 is 1.04. The van der Waals surface area contributed by atoms with Crippen molar-refractivity contribution in [3.05, 3.63) is 59.1 Å². The quantitative estimate of drug-likeness (QED) is 0.625. The second-order valence-electron chi connectivity index (χ2n) is 4.85.